The van der Waals surface area contributed by atoms with Crippen LogP contribution in [0.25, 0.3) is 0 Å². The average Bonchev–Trinajstić information content (AvgIpc) is 2.27. The van der Waals surface area contributed by atoms with Crippen LogP contribution in [0.1, 0.15) is 0 Å². The van der Waals surface area contributed by atoms with E-state index in [1.54, 1.807) is 0 Å². The van der Waals surface area contributed by atoms with Gasteiger partial charge in [0.25, 0.3) is 0 Å². The Morgan fingerprint density at radius 1 is 0.900 bits per heavy atom. The van der Waals surface area contributed by atoms with Crippen molar-refractivity contribution >= 4 is 0 Å². The lowest BCUT2D eigenvalue weighted by atomic mass is 9.58. The average molecular weight is 314 g/mol. The van der Waals surface area contributed by atoms with Crippen LogP contribution in [-0.4, -0.2) is 29.4 Å². The second-order valence-electron chi connectivity index (χ2n) is 4.50. The van der Waals surface area contributed by atoms with Crippen LogP contribution in [0.5, 0.6) is 0 Å². The van der Waals surface area contributed by atoms with E-state index in [0.29, 0.717) is 0 Å². The number of allylic oxidation sites excluding steroid dienone is 3. The van der Waals surface area contributed by atoms with Crippen LogP contribution < -0.4 is 0 Å². The molecule has 114 valence electrons. The van der Waals surface area contributed by atoms with Gasteiger partial charge in [-0.15, -0.1) is 0 Å². The van der Waals surface area contributed by atoms with Crippen LogP contribution in [0, 0.1) is 5.92 Å². The van der Waals surface area contributed by atoms with E-state index in [4.69, 9.17) is 0 Å². The lowest BCUT2D eigenvalue weighted by molar-refractivity contribution is -0.350. The summed E-state index contributed by atoms with van der Waals surface area (Å²) >= 11 is 0. The van der Waals surface area contributed by atoms with E-state index in [1.165, 1.54) is 0 Å². The fourth-order valence-corrected chi connectivity index (χ4v) is 2.46. The summed E-state index contributed by atoms with van der Waals surface area (Å²) in [7, 11) is 0. The molecule has 0 aromatic carbocycles. The predicted octanol–water partition coefficient (Wildman–Crippen LogP) is 4.29. The zero-order valence-electron chi connectivity index (χ0n) is 9.09. The summed E-state index contributed by atoms with van der Waals surface area (Å²) in [5.41, 5.74) is -12.1. The van der Waals surface area contributed by atoms with Gasteiger partial charge in [-0.3, -0.25) is 0 Å². The Morgan fingerprint density at radius 3 is 1.80 bits per heavy atom. The molecule has 0 aromatic heterocycles. The molecule has 0 saturated heterocycles. The highest BCUT2D eigenvalue weighted by Gasteiger charge is 2.89. The van der Waals surface area contributed by atoms with Crippen molar-refractivity contribution in [2.45, 2.75) is 29.4 Å². The fraction of sp³-hybridized carbons (Fsp3) is 0.600. The molecule has 1 saturated carbocycles. The third kappa shape index (κ3) is 1.30. The zero-order valence-corrected chi connectivity index (χ0v) is 9.09. The van der Waals surface area contributed by atoms with Gasteiger partial charge in [-0.1, -0.05) is 0 Å². The molecular weight excluding hydrogens is 310 g/mol. The molecule has 2 bridgehead atoms. The molecule has 0 aromatic rings. The third-order valence-corrected chi connectivity index (χ3v) is 3.48. The van der Waals surface area contributed by atoms with Gasteiger partial charge in [0.1, 0.15) is 5.92 Å². The molecule has 0 radical (unpaired) electrons. The summed E-state index contributed by atoms with van der Waals surface area (Å²) in [4.78, 5) is 0. The summed E-state index contributed by atoms with van der Waals surface area (Å²) in [6, 6.07) is 0. The number of halogens is 10. The summed E-state index contributed by atoms with van der Waals surface area (Å²) in [5, 5.41) is 0. The van der Waals surface area contributed by atoms with Crippen molar-refractivity contribution in [3.63, 3.8) is 0 Å². The Hall–Kier alpha value is -1.22. The first-order valence-corrected chi connectivity index (χ1v) is 4.98. The van der Waals surface area contributed by atoms with Crippen LogP contribution in [0.15, 0.2) is 24.1 Å². The highest BCUT2D eigenvalue weighted by Crippen LogP contribution is 2.69. The number of fused-ring (bicyclic) bond motifs is 2. The number of alkyl halides is 9. The molecule has 3 atom stereocenters. The number of hydrogen-bond acceptors (Lipinski definition) is 0. The van der Waals surface area contributed by atoms with Crippen molar-refractivity contribution in [2.24, 2.45) is 5.92 Å². The first kappa shape index (κ1) is 15.2. The molecule has 0 heterocycles. The van der Waals surface area contributed by atoms with Crippen molar-refractivity contribution < 1.29 is 43.9 Å². The maximum atomic E-state index is 14.0. The highest BCUT2D eigenvalue weighted by molar-refractivity contribution is 5.49. The molecule has 0 unspecified atom stereocenters. The molecule has 20 heavy (non-hydrogen) atoms. The monoisotopic (exact) mass is 314 g/mol. The SMILES string of the molecule is F/C=C1\[C@H](C(F)(F)F)[C@@]2(F)C=C[C@]1(F)C(F)(F)C2(F)F. The van der Waals surface area contributed by atoms with Gasteiger partial charge >= 0.3 is 18.0 Å². The van der Waals surface area contributed by atoms with E-state index in [9.17, 15) is 43.9 Å². The Kier molecular flexibility index (Phi) is 2.66. The molecule has 3 rings (SSSR count). The van der Waals surface area contributed by atoms with Gasteiger partial charge in [-0.2, -0.15) is 30.7 Å². The molecule has 0 spiro atoms. The van der Waals surface area contributed by atoms with Crippen molar-refractivity contribution in [3.8, 4) is 0 Å². The van der Waals surface area contributed by atoms with E-state index in [-0.39, 0.29) is 0 Å². The highest BCUT2D eigenvalue weighted by atomic mass is 19.4. The Balaban J connectivity index is 2.84. The van der Waals surface area contributed by atoms with Gasteiger partial charge in [-0.25, -0.2) is 13.2 Å². The zero-order chi connectivity index (χ0) is 15.8. The predicted molar refractivity (Wildman–Crippen MR) is 45.4 cm³/mol. The topological polar surface area (TPSA) is 0 Å². The molecule has 3 aliphatic rings. The summed E-state index contributed by atoms with van der Waals surface area (Å²) in [6.45, 7) is 0. The third-order valence-electron chi connectivity index (χ3n) is 3.48. The second kappa shape index (κ2) is 3.51. The lowest BCUT2D eigenvalue weighted by Crippen LogP contribution is -2.76. The molecule has 1 fully saturated rings. The van der Waals surface area contributed by atoms with Crippen molar-refractivity contribution in [1.29, 1.82) is 0 Å². The van der Waals surface area contributed by atoms with Crippen LogP contribution in [-0.2, 0) is 0 Å². The van der Waals surface area contributed by atoms with Crippen LogP contribution in [0.3, 0.4) is 0 Å². The molecule has 0 nitrogen and oxygen atoms in total. The Labute approximate surface area is 104 Å². The van der Waals surface area contributed by atoms with Crippen molar-refractivity contribution in [1.82, 2.24) is 0 Å². The van der Waals surface area contributed by atoms with Crippen LogP contribution in [0.4, 0.5) is 43.9 Å². The summed E-state index contributed by atoms with van der Waals surface area (Å²) in [5.74, 6) is -15.9. The maximum Gasteiger partial charge on any atom is 0.399 e. The van der Waals surface area contributed by atoms with E-state index in [1.807, 2.05) is 0 Å². The second-order valence-corrected chi connectivity index (χ2v) is 4.50. The summed E-state index contributed by atoms with van der Waals surface area (Å²) < 4.78 is 132. The standard InChI is InChI=1S/C10H4F10/c11-3-4-5(8(14,15)16)7(13)2-1-6(4,12)9(17,18)10(7,19)20/h1-3,5H/b4-3+/t5-,6+,7-/m0/s1. The Morgan fingerprint density at radius 2 is 1.40 bits per heavy atom. The van der Waals surface area contributed by atoms with E-state index >= 15 is 0 Å². The molecule has 0 N–H and O–H groups in total. The smallest absolute Gasteiger partial charge is 0.231 e. The van der Waals surface area contributed by atoms with E-state index < -0.39 is 59.3 Å². The minimum absolute atomic E-state index is 0.502. The van der Waals surface area contributed by atoms with Gasteiger partial charge in [0.2, 0.25) is 11.3 Å². The van der Waals surface area contributed by atoms with Gasteiger partial charge in [-0.05, 0) is 12.2 Å². The molecular formula is C10H4F10. The van der Waals surface area contributed by atoms with Gasteiger partial charge in [0, 0.05) is 5.57 Å². The van der Waals surface area contributed by atoms with Crippen LogP contribution in [0.2, 0.25) is 0 Å². The Bertz CT molecular complexity index is 501. The normalized spacial score (nSPS) is 44.1. The maximum absolute atomic E-state index is 14.0. The molecule has 0 aliphatic heterocycles. The van der Waals surface area contributed by atoms with Crippen molar-refractivity contribution in [3.05, 3.63) is 24.1 Å². The van der Waals surface area contributed by atoms with Crippen molar-refractivity contribution in [2.75, 3.05) is 0 Å². The van der Waals surface area contributed by atoms with E-state index in [0.717, 1.165) is 0 Å². The minimum atomic E-state index is -5.99. The van der Waals surface area contributed by atoms with E-state index in [2.05, 4.69) is 0 Å². The molecule has 0 amide bonds. The number of hydrogen-bond donors (Lipinski definition) is 0. The molecule has 10 heteroatoms. The lowest BCUT2D eigenvalue weighted by Gasteiger charge is -2.55. The first-order chi connectivity index (χ1) is 8.77. The quantitative estimate of drug-likeness (QED) is 0.462. The van der Waals surface area contributed by atoms with Gasteiger partial charge < -0.3 is 0 Å². The first-order valence-electron chi connectivity index (χ1n) is 4.98. The largest absolute Gasteiger partial charge is 0.399 e. The van der Waals surface area contributed by atoms with Gasteiger partial charge in [0.15, 0.2) is 0 Å². The minimum Gasteiger partial charge on any atom is -0.231 e. The van der Waals surface area contributed by atoms with Crippen LogP contribution >= 0.6 is 0 Å². The summed E-state index contributed by atoms with van der Waals surface area (Å²) in [6.07, 6.45) is -8.23. The van der Waals surface area contributed by atoms with Gasteiger partial charge in [0.05, 0.1) is 6.33 Å². The molecule has 3 aliphatic carbocycles. The number of rotatable bonds is 0. The fourth-order valence-electron chi connectivity index (χ4n) is 2.46.